The molecule has 0 radical (unpaired) electrons. The molecule has 0 spiro atoms. The Morgan fingerprint density at radius 3 is 2.48 bits per heavy atom. The maximum absolute atomic E-state index is 12.0. The lowest BCUT2D eigenvalue weighted by Gasteiger charge is -2.07. The number of aryl methyl sites for hydroxylation is 2. The highest BCUT2D eigenvalue weighted by Crippen LogP contribution is 2.23. The summed E-state index contributed by atoms with van der Waals surface area (Å²) < 4.78 is 7.64. The van der Waals surface area contributed by atoms with Gasteiger partial charge >= 0.3 is 0 Å². The average molecular weight is 429 g/mol. The second-order valence-corrected chi connectivity index (χ2v) is 7.14. The molecule has 0 aromatic heterocycles. The second kappa shape index (κ2) is 12.1. The van der Waals surface area contributed by atoms with Gasteiger partial charge in [-0.05, 0) is 54.7 Å². The van der Waals surface area contributed by atoms with Crippen molar-refractivity contribution >= 4 is 47.0 Å². The quantitative estimate of drug-likeness (QED) is 0.168. The van der Waals surface area contributed by atoms with E-state index >= 15 is 0 Å². The Balaban J connectivity index is 1.62. The lowest BCUT2D eigenvalue weighted by atomic mass is 10.1. The Bertz CT molecular complexity index is 729. The largest absolute Gasteiger partial charge is 0.356 e. The van der Waals surface area contributed by atoms with Gasteiger partial charge in [-0.25, -0.2) is 4.89 Å². The van der Waals surface area contributed by atoms with E-state index in [0.29, 0.717) is 29.4 Å². The van der Waals surface area contributed by atoms with Gasteiger partial charge in [-0.15, -0.1) is 4.33 Å². The van der Waals surface area contributed by atoms with E-state index in [1.807, 2.05) is 36.4 Å². The molecule has 0 bridgehead atoms. The minimum atomic E-state index is 0.0513. The van der Waals surface area contributed by atoms with Crippen molar-refractivity contribution in [1.29, 1.82) is 0 Å². The third-order valence-corrected chi connectivity index (χ3v) is 5.07. The normalized spacial score (nSPS) is 10.6. The molecule has 0 aliphatic rings. The van der Waals surface area contributed by atoms with Crippen LogP contribution in [0.3, 0.4) is 0 Å². The zero-order chi connectivity index (χ0) is 19.5. The molecule has 27 heavy (non-hydrogen) atoms. The van der Waals surface area contributed by atoms with Gasteiger partial charge in [0, 0.05) is 18.7 Å². The molecule has 2 rings (SSSR count). The number of anilines is 1. The van der Waals surface area contributed by atoms with E-state index in [9.17, 15) is 4.79 Å². The van der Waals surface area contributed by atoms with Crippen LogP contribution in [0.25, 0.3) is 0 Å². The van der Waals surface area contributed by atoms with E-state index in [1.165, 1.54) is 7.11 Å². The molecule has 0 aliphatic carbocycles. The first-order valence-corrected chi connectivity index (χ1v) is 10.00. The number of amides is 1. The van der Waals surface area contributed by atoms with Crippen molar-refractivity contribution in [2.45, 2.75) is 25.7 Å². The number of benzene rings is 2. The fraction of sp³-hybridized carbons (Fsp3) is 0.316. The molecule has 2 N–H and O–H groups in total. The third kappa shape index (κ3) is 8.41. The molecule has 5 nitrogen and oxygen atoms in total. The van der Waals surface area contributed by atoms with Crippen LogP contribution < -0.4 is 10.0 Å². The molecule has 1 amide bonds. The molecule has 0 aliphatic heterocycles. The summed E-state index contributed by atoms with van der Waals surface area (Å²) in [6.07, 6.45) is 2.85. The Hall–Kier alpha value is -1.44. The van der Waals surface area contributed by atoms with Crippen LogP contribution in [0.4, 0.5) is 5.69 Å². The molecule has 0 heterocycles. The maximum Gasteiger partial charge on any atom is 0.220 e. The zero-order valence-corrected chi connectivity index (χ0v) is 17.3. The monoisotopic (exact) mass is 428 g/mol. The summed E-state index contributed by atoms with van der Waals surface area (Å²) in [6.45, 7) is 0.638. The number of carbonyl (C=O) groups excluding carboxylic acids is 1. The molecule has 2 aromatic rings. The molecule has 146 valence electrons. The summed E-state index contributed by atoms with van der Waals surface area (Å²) >= 11 is 12.9. The molecule has 0 saturated carbocycles. The fourth-order valence-corrected chi connectivity index (χ4v) is 3.06. The van der Waals surface area contributed by atoms with Crippen molar-refractivity contribution in [3.63, 3.8) is 0 Å². The topological polar surface area (TPSA) is 59.6 Å². The lowest BCUT2D eigenvalue weighted by Crippen LogP contribution is -2.24. The summed E-state index contributed by atoms with van der Waals surface area (Å²) in [7, 11) is 1.44. The van der Waals surface area contributed by atoms with Crippen LogP contribution in [0.2, 0.25) is 10.0 Å². The van der Waals surface area contributed by atoms with Gasteiger partial charge in [0.25, 0.3) is 0 Å². The summed E-state index contributed by atoms with van der Waals surface area (Å²) in [6, 6.07) is 13.4. The van der Waals surface area contributed by atoms with E-state index < -0.39 is 0 Å². The van der Waals surface area contributed by atoms with Crippen LogP contribution >= 0.6 is 35.4 Å². The Kier molecular flexibility index (Phi) is 9.80. The van der Waals surface area contributed by atoms with Gasteiger partial charge in [0.2, 0.25) is 5.91 Å². The molecule has 0 unspecified atom stereocenters. The van der Waals surface area contributed by atoms with Gasteiger partial charge in [-0.3, -0.25) is 4.79 Å². The Labute approximate surface area is 174 Å². The summed E-state index contributed by atoms with van der Waals surface area (Å²) in [5, 5.41) is 4.07. The highest BCUT2D eigenvalue weighted by atomic mass is 35.5. The van der Waals surface area contributed by atoms with Crippen LogP contribution in [-0.4, -0.2) is 19.6 Å². The van der Waals surface area contributed by atoms with Gasteiger partial charge in [-0.2, -0.15) is 0 Å². The van der Waals surface area contributed by atoms with E-state index in [2.05, 4.69) is 19.3 Å². The Morgan fingerprint density at radius 2 is 1.78 bits per heavy atom. The smallest absolute Gasteiger partial charge is 0.220 e. The van der Waals surface area contributed by atoms with Crippen LogP contribution in [0.15, 0.2) is 42.5 Å². The zero-order valence-electron chi connectivity index (χ0n) is 15.0. The van der Waals surface area contributed by atoms with Crippen molar-refractivity contribution in [1.82, 2.24) is 5.32 Å². The highest BCUT2D eigenvalue weighted by Gasteiger charge is 2.04. The van der Waals surface area contributed by atoms with Gasteiger partial charge < -0.3 is 10.0 Å². The van der Waals surface area contributed by atoms with Crippen molar-refractivity contribution < 1.29 is 14.0 Å². The van der Waals surface area contributed by atoms with Crippen molar-refractivity contribution in [3.05, 3.63) is 63.6 Å². The van der Waals surface area contributed by atoms with E-state index in [1.54, 1.807) is 6.07 Å². The van der Waals surface area contributed by atoms with E-state index in [0.717, 1.165) is 41.9 Å². The van der Waals surface area contributed by atoms with Gasteiger partial charge in [0.1, 0.15) is 12.2 Å². The highest BCUT2D eigenvalue weighted by molar-refractivity contribution is 7.95. The number of halogens is 2. The van der Waals surface area contributed by atoms with Gasteiger partial charge in [0.15, 0.2) is 0 Å². The molecule has 0 saturated heterocycles. The Morgan fingerprint density at radius 1 is 1.04 bits per heavy atom. The average Bonchev–Trinajstić information content (AvgIpc) is 2.67. The van der Waals surface area contributed by atoms with Crippen molar-refractivity contribution in [2.75, 3.05) is 18.4 Å². The summed E-state index contributed by atoms with van der Waals surface area (Å²) in [4.78, 5) is 16.4. The first-order chi connectivity index (χ1) is 13.1. The fourth-order valence-electron chi connectivity index (χ4n) is 2.40. The minimum Gasteiger partial charge on any atom is -0.356 e. The second-order valence-electron chi connectivity index (χ2n) is 5.82. The number of nitrogens with one attached hydrogen (secondary N) is 2. The SMILES string of the molecule is COOSNc1ccc(CCC(=O)NCCCc2ccc(Cl)c(Cl)c2)cc1. The molecule has 0 fully saturated rings. The van der Waals surface area contributed by atoms with Gasteiger partial charge in [0.05, 0.1) is 17.2 Å². The van der Waals surface area contributed by atoms with Crippen LogP contribution in [-0.2, 0) is 26.9 Å². The summed E-state index contributed by atoms with van der Waals surface area (Å²) in [5.41, 5.74) is 3.11. The maximum atomic E-state index is 12.0. The van der Waals surface area contributed by atoms with Gasteiger partial charge in [-0.1, -0.05) is 41.4 Å². The molecule has 0 atom stereocenters. The molecular formula is C19H22Cl2N2O3S. The number of hydrogen-bond donors (Lipinski definition) is 2. The predicted octanol–water partition coefficient (Wildman–Crippen LogP) is 5.23. The molecule has 2 aromatic carbocycles. The molecule has 8 heteroatoms. The van der Waals surface area contributed by atoms with Crippen molar-refractivity contribution in [3.8, 4) is 0 Å². The minimum absolute atomic E-state index is 0.0513. The standard InChI is InChI=1S/C19H22Cl2N2O3S/c1-25-26-27-23-16-8-4-14(5-9-16)7-11-19(24)22-12-2-3-15-6-10-17(20)18(21)13-15/h4-6,8-10,13,23H,2-3,7,11-12H2,1H3,(H,22,24). The summed E-state index contributed by atoms with van der Waals surface area (Å²) in [5.74, 6) is 0.0513. The third-order valence-electron chi connectivity index (χ3n) is 3.80. The lowest BCUT2D eigenvalue weighted by molar-refractivity contribution is -0.159. The predicted molar refractivity (Wildman–Crippen MR) is 112 cm³/mol. The number of carbonyl (C=O) groups is 1. The first kappa shape index (κ1) is 21.9. The number of rotatable bonds is 11. The molecular weight excluding hydrogens is 407 g/mol. The number of hydrogen-bond acceptors (Lipinski definition) is 5. The first-order valence-electron chi connectivity index (χ1n) is 8.50. The van der Waals surface area contributed by atoms with E-state index in [-0.39, 0.29) is 5.91 Å². The van der Waals surface area contributed by atoms with Crippen molar-refractivity contribution in [2.24, 2.45) is 0 Å². The van der Waals surface area contributed by atoms with Crippen LogP contribution in [0.5, 0.6) is 0 Å². The van der Waals surface area contributed by atoms with Crippen LogP contribution in [0.1, 0.15) is 24.0 Å². The van der Waals surface area contributed by atoms with Crippen LogP contribution in [0, 0.1) is 0 Å². The van der Waals surface area contributed by atoms with E-state index in [4.69, 9.17) is 23.2 Å².